The molecule has 0 atom stereocenters. The molecular formula is C16H18N2O2. The Bertz CT molecular complexity index is 674. The molecule has 0 unspecified atom stereocenters. The second kappa shape index (κ2) is 6.19. The van der Waals surface area contributed by atoms with E-state index in [1.165, 1.54) is 4.68 Å². The SMILES string of the molecule is C=CCc1c(-c2cccc(OC)c2)cnn(CC)c1=O. The minimum absolute atomic E-state index is 0.0623. The van der Waals surface area contributed by atoms with Crippen molar-refractivity contribution in [3.8, 4) is 16.9 Å². The van der Waals surface area contributed by atoms with E-state index in [9.17, 15) is 4.79 Å². The van der Waals surface area contributed by atoms with Crippen molar-refractivity contribution in [3.05, 3.63) is 59.0 Å². The van der Waals surface area contributed by atoms with Crippen LogP contribution in [0.1, 0.15) is 12.5 Å². The third-order valence-electron chi connectivity index (χ3n) is 3.17. The van der Waals surface area contributed by atoms with Gasteiger partial charge in [0.2, 0.25) is 0 Å². The van der Waals surface area contributed by atoms with Crippen LogP contribution in [-0.4, -0.2) is 16.9 Å². The van der Waals surface area contributed by atoms with Crippen LogP contribution in [0.4, 0.5) is 0 Å². The molecule has 4 nitrogen and oxygen atoms in total. The fraction of sp³-hybridized carbons (Fsp3) is 0.250. The molecule has 0 amide bonds. The molecule has 0 spiro atoms. The van der Waals surface area contributed by atoms with E-state index >= 15 is 0 Å². The Hall–Kier alpha value is -2.36. The van der Waals surface area contributed by atoms with E-state index in [2.05, 4.69) is 11.7 Å². The summed E-state index contributed by atoms with van der Waals surface area (Å²) < 4.78 is 6.69. The van der Waals surface area contributed by atoms with Crippen molar-refractivity contribution in [1.29, 1.82) is 0 Å². The lowest BCUT2D eigenvalue weighted by atomic mass is 10.0. The van der Waals surface area contributed by atoms with Crippen LogP contribution < -0.4 is 10.3 Å². The molecule has 0 fully saturated rings. The maximum Gasteiger partial charge on any atom is 0.270 e. The highest BCUT2D eigenvalue weighted by Gasteiger charge is 2.11. The van der Waals surface area contributed by atoms with Gasteiger partial charge >= 0.3 is 0 Å². The van der Waals surface area contributed by atoms with Crippen LogP contribution in [0.5, 0.6) is 5.75 Å². The highest BCUT2D eigenvalue weighted by molar-refractivity contribution is 5.67. The van der Waals surface area contributed by atoms with Crippen LogP contribution in [0.3, 0.4) is 0 Å². The summed E-state index contributed by atoms with van der Waals surface area (Å²) in [6.07, 6.45) is 3.99. The van der Waals surface area contributed by atoms with Crippen LogP contribution >= 0.6 is 0 Å². The van der Waals surface area contributed by atoms with E-state index < -0.39 is 0 Å². The van der Waals surface area contributed by atoms with Crippen LogP contribution in [0, 0.1) is 0 Å². The number of hydrogen-bond donors (Lipinski definition) is 0. The number of aryl methyl sites for hydroxylation is 1. The van der Waals surface area contributed by atoms with Crippen LogP contribution in [-0.2, 0) is 13.0 Å². The van der Waals surface area contributed by atoms with Gasteiger partial charge in [-0.2, -0.15) is 5.10 Å². The average Bonchev–Trinajstić information content (AvgIpc) is 2.49. The summed E-state index contributed by atoms with van der Waals surface area (Å²) in [7, 11) is 1.62. The highest BCUT2D eigenvalue weighted by atomic mass is 16.5. The van der Waals surface area contributed by atoms with Crippen molar-refractivity contribution in [2.45, 2.75) is 19.9 Å². The Morgan fingerprint density at radius 1 is 1.45 bits per heavy atom. The number of benzene rings is 1. The van der Waals surface area contributed by atoms with Crippen molar-refractivity contribution in [3.63, 3.8) is 0 Å². The molecule has 1 aromatic carbocycles. The van der Waals surface area contributed by atoms with Crippen LogP contribution in [0.2, 0.25) is 0 Å². The van der Waals surface area contributed by atoms with Crippen LogP contribution in [0.25, 0.3) is 11.1 Å². The number of ether oxygens (including phenoxy) is 1. The van der Waals surface area contributed by atoms with E-state index in [-0.39, 0.29) is 5.56 Å². The van der Waals surface area contributed by atoms with Gasteiger partial charge in [0.25, 0.3) is 5.56 Å². The first kappa shape index (κ1) is 14.1. The fourth-order valence-corrected chi connectivity index (χ4v) is 2.14. The molecule has 1 aromatic heterocycles. The standard InChI is InChI=1S/C16H18N2O2/c1-4-7-14-15(11-17-18(5-2)16(14)19)12-8-6-9-13(10-12)20-3/h4,6,8-11H,1,5,7H2,2-3H3. The molecule has 0 saturated heterocycles. The molecule has 0 N–H and O–H groups in total. The maximum atomic E-state index is 12.4. The average molecular weight is 270 g/mol. The molecule has 2 rings (SSSR count). The van der Waals surface area contributed by atoms with Gasteiger partial charge in [-0.15, -0.1) is 6.58 Å². The Labute approximate surface area is 118 Å². The molecular weight excluding hydrogens is 252 g/mol. The van der Waals surface area contributed by atoms with Crippen molar-refractivity contribution in [2.75, 3.05) is 7.11 Å². The first-order valence-corrected chi connectivity index (χ1v) is 6.55. The number of rotatable bonds is 5. The van der Waals surface area contributed by atoms with E-state index in [0.717, 1.165) is 16.9 Å². The van der Waals surface area contributed by atoms with Gasteiger partial charge in [-0.3, -0.25) is 4.79 Å². The Morgan fingerprint density at radius 3 is 2.90 bits per heavy atom. The Morgan fingerprint density at radius 2 is 2.25 bits per heavy atom. The maximum absolute atomic E-state index is 12.4. The molecule has 104 valence electrons. The molecule has 0 radical (unpaired) electrons. The van der Waals surface area contributed by atoms with Crippen molar-refractivity contribution in [1.82, 2.24) is 9.78 Å². The van der Waals surface area contributed by atoms with E-state index in [1.807, 2.05) is 31.2 Å². The summed E-state index contributed by atoms with van der Waals surface area (Å²) in [5.41, 5.74) is 2.41. The predicted molar refractivity (Wildman–Crippen MR) is 80.1 cm³/mol. The molecule has 0 aliphatic heterocycles. The number of allylic oxidation sites excluding steroid dienone is 1. The second-order valence-corrected chi connectivity index (χ2v) is 4.38. The van der Waals surface area contributed by atoms with Gasteiger partial charge in [-0.1, -0.05) is 18.2 Å². The van der Waals surface area contributed by atoms with Gasteiger partial charge in [0.05, 0.1) is 13.3 Å². The highest BCUT2D eigenvalue weighted by Crippen LogP contribution is 2.25. The fourth-order valence-electron chi connectivity index (χ4n) is 2.14. The van der Waals surface area contributed by atoms with E-state index in [4.69, 9.17) is 4.74 Å². The van der Waals surface area contributed by atoms with Gasteiger partial charge in [0.15, 0.2) is 0 Å². The molecule has 4 heteroatoms. The van der Waals surface area contributed by atoms with Gasteiger partial charge in [-0.25, -0.2) is 4.68 Å². The molecule has 2 aromatic rings. The zero-order chi connectivity index (χ0) is 14.5. The van der Waals surface area contributed by atoms with Crippen molar-refractivity contribution in [2.24, 2.45) is 0 Å². The lowest BCUT2D eigenvalue weighted by Crippen LogP contribution is -2.26. The topological polar surface area (TPSA) is 44.1 Å². The summed E-state index contributed by atoms with van der Waals surface area (Å²) in [6, 6.07) is 7.62. The summed E-state index contributed by atoms with van der Waals surface area (Å²) >= 11 is 0. The van der Waals surface area contributed by atoms with Crippen molar-refractivity contribution < 1.29 is 4.74 Å². The molecule has 20 heavy (non-hydrogen) atoms. The normalized spacial score (nSPS) is 10.3. The summed E-state index contributed by atoms with van der Waals surface area (Å²) in [4.78, 5) is 12.4. The van der Waals surface area contributed by atoms with Crippen LogP contribution in [0.15, 0.2) is 47.9 Å². The second-order valence-electron chi connectivity index (χ2n) is 4.38. The van der Waals surface area contributed by atoms with Gasteiger partial charge in [-0.05, 0) is 31.0 Å². The summed E-state index contributed by atoms with van der Waals surface area (Å²) in [6.45, 7) is 6.18. The predicted octanol–water partition coefficient (Wildman–Crippen LogP) is 2.67. The number of nitrogens with zero attached hydrogens (tertiary/aromatic N) is 2. The third-order valence-corrected chi connectivity index (χ3v) is 3.17. The molecule has 0 aliphatic carbocycles. The number of hydrogen-bond acceptors (Lipinski definition) is 3. The largest absolute Gasteiger partial charge is 0.497 e. The monoisotopic (exact) mass is 270 g/mol. The first-order valence-electron chi connectivity index (χ1n) is 6.55. The Kier molecular flexibility index (Phi) is 4.35. The van der Waals surface area contributed by atoms with E-state index in [1.54, 1.807) is 19.4 Å². The van der Waals surface area contributed by atoms with Gasteiger partial charge in [0.1, 0.15) is 5.75 Å². The van der Waals surface area contributed by atoms with Gasteiger partial charge in [0, 0.05) is 17.7 Å². The third kappa shape index (κ3) is 2.64. The Balaban J connectivity index is 2.63. The molecule has 1 heterocycles. The smallest absolute Gasteiger partial charge is 0.270 e. The zero-order valence-electron chi connectivity index (χ0n) is 11.8. The molecule has 0 aliphatic rings. The zero-order valence-corrected chi connectivity index (χ0v) is 11.8. The molecule has 0 saturated carbocycles. The quantitative estimate of drug-likeness (QED) is 0.785. The summed E-state index contributed by atoms with van der Waals surface area (Å²) in [5.74, 6) is 0.756. The summed E-state index contributed by atoms with van der Waals surface area (Å²) in [5, 5.41) is 4.20. The minimum Gasteiger partial charge on any atom is -0.497 e. The van der Waals surface area contributed by atoms with Gasteiger partial charge < -0.3 is 4.74 Å². The number of methoxy groups -OCH3 is 1. The lowest BCUT2D eigenvalue weighted by molar-refractivity contribution is 0.415. The number of aromatic nitrogens is 2. The minimum atomic E-state index is -0.0623. The first-order chi connectivity index (χ1) is 9.71. The molecule has 0 bridgehead atoms. The van der Waals surface area contributed by atoms with E-state index in [0.29, 0.717) is 18.5 Å². The van der Waals surface area contributed by atoms with Crippen molar-refractivity contribution >= 4 is 0 Å². The lowest BCUT2D eigenvalue weighted by Gasteiger charge is -2.11.